The van der Waals surface area contributed by atoms with Gasteiger partial charge in [0.15, 0.2) is 0 Å². The van der Waals surface area contributed by atoms with E-state index in [1.165, 1.54) is 38.5 Å². The molecule has 2 rings (SSSR count). The van der Waals surface area contributed by atoms with Crippen LogP contribution in [-0.2, 0) is 0 Å². The van der Waals surface area contributed by atoms with Crippen molar-refractivity contribution in [2.24, 2.45) is 0 Å². The van der Waals surface area contributed by atoms with E-state index in [1.54, 1.807) is 0 Å². The minimum absolute atomic E-state index is 0.554. The Morgan fingerprint density at radius 1 is 0.920 bits per heavy atom. The molecule has 0 radical (unpaired) electrons. The van der Waals surface area contributed by atoms with Gasteiger partial charge in [0, 0.05) is 17.1 Å². The summed E-state index contributed by atoms with van der Waals surface area (Å²) in [7, 11) is 0. The van der Waals surface area contributed by atoms with Gasteiger partial charge in [0.05, 0.1) is 6.10 Å². The third-order valence-electron chi connectivity index (χ3n) is 4.84. The molecule has 25 heavy (non-hydrogen) atoms. The second-order valence-corrected chi connectivity index (χ2v) is 7.32. The summed E-state index contributed by atoms with van der Waals surface area (Å²) in [6, 6.07) is 12.1. The summed E-state index contributed by atoms with van der Waals surface area (Å²) in [5.41, 5.74) is 0.871. The Morgan fingerprint density at radius 2 is 1.56 bits per heavy atom. The molecule has 3 heteroatoms. The van der Waals surface area contributed by atoms with Crippen LogP contribution >= 0.6 is 11.6 Å². The molecule has 2 aromatic rings. The summed E-state index contributed by atoms with van der Waals surface area (Å²) < 4.78 is 0. The number of unbranched alkanes of at least 4 members (excludes halogenated alkanes) is 4. The van der Waals surface area contributed by atoms with Crippen LogP contribution in [0.15, 0.2) is 36.4 Å². The van der Waals surface area contributed by atoms with Crippen LogP contribution in [0.4, 0.5) is 0 Å². The Kier molecular flexibility index (Phi) is 8.74. The molecule has 0 heterocycles. The normalized spacial score (nSPS) is 12.8. The Labute approximate surface area is 157 Å². The first-order valence-electron chi connectivity index (χ1n) is 9.75. The van der Waals surface area contributed by atoms with Crippen LogP contribution < -0.4 is 0 Å². The molecule has 1 N–H and O–H groups in total. The van der Waals surface area contributed by atoms with E-state index in [0.29, 0.717) is 11.6 Å². The van der Waals surface area contributed by atoms with Gasteiger partial charge in [-0.15, -0.1) is 0 Å². The highest BCUT2D eigenvalue weighted by atomic mass is 35.5. The molecular formula is C22H32ClNO. The average Bonchev–Trinajstić information content (AvgIpc) is 2.61. The maximum Gasteiger partial charge on any atom is 0.0937 e. The summed E-state index contributed by atoms with van der Waals surface area (Å²) in [5, 5.41) is 13.8. The lowest BCUT2D eigenvalue weighted by Gasteiger charge is -2.26. The number of aliphatic hydroxyl groups is 1. The molecule has 0 aromatic heterocycles. The van der Waals surface area contributed by atoms with E-state index in [2.05, 4.69) is 30.9 Å². The first-order valence-corrected chi connectivity index (χ1v) is 10.1. The molecule has 0 amide bonds. The van der Waals surface area contributed by atoms with Crippen molar-refractivity contribution >= 4 is 22.4 Å². The zero-order valence-electron chi connectivity index (χ0n) is 15.7. The van der Waals surface area contributed by atoms with E-state index >= 15 is 0 Å². The molecule has 2 nitrogen and oxygen atoms in total. The Morgan fingerprint density at radius 3 is 2.20 bits per heavy atom. The van der Waals surface area contributed by atoms with Crippen molar-refractivity contribution in [1.82, 2.24) is 4.90 Å². The number of fused-ring (bicyclic) bond motifs is 1. The fraction of sp³-hybridized carbons (Fsp3) is 0.545. The molecule has 0 fully saturated rings. The van der Waals surface area contributed by atoms with Crippen molar-refractivity contribution in [1.29, 1.82) is 0 Å². The predicted octanol–water partition coefficient (Wildman–Crippen LogP) is 6.21. The lowest BCUT2D eigenvalue weighted by atomic mass is 9.99. The molecule has 0 saturated carbocycles. The van der Waals surface area contributed by atoms with Crippen LogP contribution in [0.3, 0.4) is 0 Å². The molecule has 1 atom stereocenters. The van der Waals surface area contributed by atoms with Gasteiger partial charge in [-0.25, -0.2) is 0 Å². The van der Waals surface area contributed by atoms with Gasteiger partial charge in [-0.05, 0) is 42.8 Å². The SMILES string of the molecule is CCCCCN(CCCCC)C[C@@H](O)c1c(Cl)ccc2ccccc12. The molecule has 0 aliphatic carbocycles. The quantitative estimate of drug-likeness (QED) is 0.481. The van der Waals surface area contributed by atoms with Crippen molar-refractivity contribution in [3.8, 4) is 0 Å². The fourth-order valence-corrected chi connectivity index (χ4v) is 3.70. The number of benzene rings is 2. The van der Waals surface area contributed by atoms with E-state index in [0.717, 1.165) is 29.4 Å². The van der Waals surface area contributed by atoms with Crippen molar-refractivity contribution in [2.75, 3.05) is 19.6 Å². The minimum Gasteiger partial charge on any atom is -0.387 e. The topological polar surface area (TPSA) is 23.5 Å². The van der Waals surface area contributed by atoms with Gasteiger partial charge in [-0.2, -0.15) is 0 Å². The smallest absolute Gasteiger partial charge is 0.0937 e. The number of hydrogen-bond donors (Lipinski definition) is 1. The molecule has 0 aliphatic heterocycles. The second kappa shape index (κ2) is 10.8. The van der Waals surface area contributed by atoms with E-state index in [9.17, 15) is 5.11 Å². The van der Waals surface area contributed by atoms with E-state index in [1.807, 2.05) is 24.3 Å². The second-order valence-electron chi connectivity index (χ2n) is 6.91. The molecule has 0 bridgehead atoms. The monoisotopic (exact) mass is 361 g/mol. The largest absolute Gasteiger partial charge is 0.387 e. The summed E-state index contributed by atoms with van der Waals surface area (Å²) in [5.74, 6) is 0. The highest BCUT2D eigenvalue weighted by Crippen LogP contribution is 2.31. The first kappa shape index (κ1) is 20.2. The van der Waals surface area contributed by atoms with Gasteiger partial charge in [0.1, 0.15) is 0 Å². The van der Waals surface area contributed by atoms with Gasteiger partial charge in [-0.1, -0.05) is 81.5 Å². The highest BCUT2D eigenvalue weighted by molar-refractivity contribution is 6.32. The first-order chi connectivity index (χ1) is 12.2. The molecular weight excluding hydrogens is 330 g/mol. The fourth-order valence-electron chi connectivity index (χ4n) is 3.41. The van der Waals surface area contributed by atoms with E-state index < -0.39 is 6.10 Å². The van der Waals surface area contributed by atoms with E-state index in [-0.39, 0.29) is 0 Å². The molecule has 2 aromatic carbocycles. The van der Waals surface area contributed by atoms with Crippen LogP contribution in [0.5, 0.6) is 0 Å². The summed E-state index contributed by atoms with van der Waals surface area (Å²) in [6.07, 6.45) is 6.77. The molecule has 0 aliphatic rings. The number of aliphatic hydroxyl groups excluding tert-OH is 1. The maximum atomic E-state index is 11.0. The van der Waals surface area contributed by atoms with Gasteiger partial charge in [0.2, 0.25) is 0 Å². The standard InChI is InChI=1S/C22H32ClNO/c1-3-5-9-15-24(16-10-6-4-2)17-21(25)22-19-12-8-7-11-18(19)13-14-20(22)23/h7-8,11-14,21,25H,3-6,9-10,15-17H2,1-2H3/t21-/m1/s1. The van der Waals surface area contributed by atoms with Crippen LogP contribution in [0.1, 0.15) is 64.0 Å². The predicted molar refractivity (Wildman–Crippen MR) is 109 cm³/mol. The lowest BCUT2D eigenvalue weighted by Crippen LogP contribution is -2.31. The molecule has 0 saturated heterocycles. The Hall–Kier alpha value is -1.09. The number of hydrogen-bond acceptors (Lipinski definition) is 2. The third kappa shape index (κ3) is 5.99. The summed E-state index contributed by atoms with van der Waals surface area (Å²) >= 11 is 6.46. The maximum absolute atomic E-state index is 11.0. The zero-order valence-corrected chi connectivity index (χ0v) is 16.4. The number of rotatable bonds is 11. The average molecular weight is 362 g/mol. The van der Waals surface area contributed by atoms with Crippen molar-refractivity contribution < 1.29 is 5.11 Å². The molecule has 0 unspecified atom stereocenters. The number of halogens is 1. The van der Waals surface area contributed by atoms with Crippen LogP contribution in [0.2, 0.25) is 5.02 Å². The van der Waals surface area contributed by atoms with Gasteiger partial charge >= 0.3 is 0 Å². The summed E-state index contributed by atoms with van der Waals surface area (Å²) in [6.45, 7) is 7.22. The Balaban J connectivity index is 2.13. The van der Waals surface area contributed by atoms with Gasteiger partial charge in [0.25, 0.3) is 0 Å². The molecule has 138 valence electrons. The highest BCUT2D eigenvalue weighted by Gasteiger charge is 2.18. The Bertz CT molecular complexity index is 633. The minimum atomic E-state index is -0.554. The van der Waals surface area contributed by atoms with Crippen molar-refractivity contribution in [3.63, 3.8) is 0 Å². The summed E-state index contributed by atoms with van der Waals surface area (Å²) in [4.78, 5) is 2.41. The van der Waals surface area contributed by atoms with Crippen LogP contribution in [-0.4, -0.2) is 29.6 Å². The van der Waals surface area contributed by atoms with Gasteiger partial charge < -0.3 is 10.0 Å². The van der Waals surface area contributed by atoms with Crippen molar-refractivity contribution in [3.05, 3.63) is 47.0 Å². The lowest BCUT2D eigenvalue weighted by molar-refractivity contribution is 0.112. The van der Waals surface area contributed by atoms with Gasteiger partial charge in [-0.3, -0.25) is 0 Å². The molecule has 0 spiro atoms. The van der Waals surface area contributed by atoms with Crippen LogP contribution in [0, 0.1) is 0 Å². The third-order valence-corrected chi connectivity index (χ3v) is 5.17. The van der Waals surface area contributed by atoms with Crippen molar-refractivity contribution in [2.45, 2.75) is 58.5 Å². The zero-order chi connectivity index (χ0) is 18.1. The van der Waals surface area contributed by atoms with E-state index in [4.69, 9.17) is 11.6 Å². The number of nitrogens with zero attached hydrogens (tertiary/aromatic N) is 1. The van der Waals surface area contributed by atoms with Crippen LogP contribution in [0.25, 0.3) is 10.8 Å².